The molecule has 0 spiro atoms. The molecule has 1 saturated carbocycles. The van der Waals surface area contributed by atoms with Gasteiger partial charge in [-0.2, -0.15) is 10.2 Å². The van der Waals surface area contributed by atoms with Gasteiger partial charge in [0.1, 0.15) is 0 Å². The minimum Gasteiger partial charge on any atom is -0.351 e. The highest BCUT2D eigenvalue weighted by Crippen LogP contribution is 2.24. The molecule has 0 amide bonds. The zero-order chi connectivity index (χ0) is 21.4. The van der Waals surface area contributed by atoms with Crippen molar-refractivity contribution in [2.45, 2.75) is 44.3 Å². The molecule has 1 aliphatic carbocycles. The van der Waals surface area contributed by atoms with Crippen molar-refractivity contribution >= 4 is 17.1 Å². The van der Waals surface area contributed by atoms with Crippen LogP contribution in [-0.4, -0.2) is 30.8 Å². The highest BCUT2D eigenvalue weighted by Gasteiger charge is 2.26. The highest BCUT2D eigenvalue weighted by atomic mass is 16.2. The van der Waals surface area contributed by atoms with Crippen molar-refractivity contribution in [3.63, 3.8) is 0 Å². The second-order valence-corrected chi connectivity index (χ2v) is 7.87. The number of nitrogens with two attached hydrogens (primary N) is 1. The summed E-state index contributed by atoms with van der Waals surface area (Å²) >= 11 is 0. The van der Waals surface area contributed by atoms with Gasteiger partial charge in [-0.05, 0) is 24.5 Å². The van der Waals surface area contributed by atoms with Crippen molar-refractivity contribution in [3.8, 4) is 6.07 Å². The first kappa shape index (κ1) is 19.9. The first-order valence-electron chi connectivity index (χ1n) is 10.1. The predicted octanol–water partition coefficient (Wildman–Crippen LogP) is 1.04. The van der Waals surface area contributed by atoms with E-state index in [0.717, 1.165) is 35.8 Å². The van der Waals surface area contributed by atoms with Crippen molar-refractivity contribution in [1.29, 1.82) is 5.26 Å². The number of fused-ring (bicyclic) bond motifs is 1. The Hall–Kier alpha value is -3.38. The van der Waals surface area contributed by atoms with E-state index in [1.807, 2.05) is 12.1 Å². The maximum absolute atomic E-state index is 13.0. The van der Waals surface area contributed by atoms with Gasteiger partial charge in [-0.15, -0.1) is 0 Å². The minimum absolute atomic E-state index is 0.00920. The largest absolute Gasteiger partial charge is 0.351 e. The predicted molar refractivity (Wildman–Crippen MR) is 114 cm³/mol. The summed E-state index contributed by atoms with van der Waals surface area (Å²) in [5, 5.41) is 12.9. The van der Waals surface area contributed by atoms with Crippen LogP contribution in [0.5, 0.6) is 0 Å². The molecule has 156 valence electrons. The molecule has 1 fully saturated rings. The lowest BCUT2D eigenvalue weighted by Gasteiger charge is -2.29. The van der Waals surface area contributed by atoms with E-state index in [-0.39, 0.29) is 18.6 Å². The lowest BCUT2D eigenvalue weighted by atomic mass is 9.91. The quantitative estimate of drug-likeness (QED) is 0.666. The van der Waals surface area contributed by atoms with Crippen LogP contribution < -0.4 is 22.3 Å². The van der Waals surface area contributed by atoms with Crippen LogP contribution in [0.15, 0.2) is 33.9 Å². The Morgan fingerprint density at radius 3 is 2.67 bits per heavy atom. The van der Waals surface area contributed by atoms with Gasteiger partial charge in [0.2, 0.25) is 5.95 Å². The van der Waals surface area contributed by atoms with Gasteiger partial charge in [0.05, 0.1) is 18.2 Å². The van der Waals surface area contributed by atoms with Crippen molar-refractivity contribution < 1.29 is 0 Å². The molecule has 9 nitrogen and oxygen atoms in total. The molecule has 1 aromatic carbocycles. The molecule has 0 radical (unpaired) electrons. The molecule has 1 aliphatic rings. The Kier molecular flexibility index (Phi) is 5.18. The molecule has 4 rings (SSSR count). The van der Waals surface area contributed by atoms with Crippen LogP contribution >= 0.6 is 0 Å². The average molecular weight is 407 g/mol. The Labute approximate surface area is 173 Å². The summed E-state index contributed by atoms with van der Waals surface area (Å²) in [6, 6.07) is 9.47. The van der Waals surface area contributed by atoms with Crippen molar-refractivity contribution in [2.24, 2.45) is 19.8 Å². The number of aryl methyl sites for hydroxylation is 1. The Bertz CT molecular complexity index is 1260. The molecular formula is C21H25N7O2. The van der Waals surface area contributed by atoms with Gasteiger partial charge < -0.3 is 11.1 Å². The fourth-order valence-corrected chi connectivity index (χ4v) is 4.15. The first-order chi connectivity index (χ1) is 14.4. The van der Waals surface area contributed by atoms with Crippen molar-refractivity contribution in [3.05, 3.63) is 56.2 Å². The lowest BCUT2D eigenvalue weighted by molar-refractivity contribution is 0.401. The normalized spacial score (nSPS) is 19.0. The Morgan fingerprint density at radius 1 is 1.20 bits per heavy atom. The second kappa shape index (κ2) is 7.80. The SMILES string of the molecule is Cn1c(=O)c2c(nc(N[C@H]3CCCC[C@@H]3N)n2Cc2ccccc2C#N)n(C)c1=O. The Balaban J connectivity index is 1.91. The number of benzene rings is 1. The molecular weight excluding hydrogens is 382 g/mol. The fraction of sp³-hybridized carbons (Fsp3) is 0.429. The van der Waals surface area contributed by atoms with Crippen molar-refractivity contribution in [1.82, 2.24) is 18.7 Å². The van der Waals surface area contributed by atoms with Gasteiger partial charge in [0, 0.05) is 26.2 Å². The molecule has 0 unspecified atom stereocenters. The van der Waals surface area contributed by atoms with Crippen LogP contribution in [0, 0.1) is 11.3 Å². The highest BCUT2D eigenvalue weighted by molar-refractivity contribution is 5.74. The van der Waals surface area contributed by atoms with E-state index >= 15 is 0 Å². The number of nitrogens with zero attached hydrogens (tertiary/aromatic N) is 5. The van der Waals surface area contributed by atoms with Crippen molar-refractivity contribution in [2.75, 3.05) is 5.32 Å². The summed E-state index contributed by atoms with van der Waals surface area (Å²) in [5.74, 6) is 0.485. The summed E-state index contributed by atoms with van der Waals surface area (Å²) in [7, 11) is 3.05. The zero-order valence-corrected chi connectivity index (χ0v) is 17.1. The number of hydrogen-bond acceptors (Lipinski definition) is 6. The van der Waals surface area contributed by atoms with Crippen LogP contribution in [0.4, 0.5) is 5.95 Å². The molecule has 2 aromatic heterocycles. The van der Waals surface area contributed by atoms with Gasteiger partial charge in [0.15, 0.2) is 11.2 Å². The topological polar surface area (TPSA) is 124 Å². The van der Waals surface area contributed by atoms with Crippen LogP contribution in [0.1, 0.15) is 36.8 Å². The summed E-state index contributed by atoms with van der Waals surface area (Å²) in [6.07, 6.45) is 4.01. The third-order valence-electron chi connectivity index (χ3n) is 5.95. The average Bonchev–Trinajstić information content (AvgIpc) is 3.11. The lowest BCUT2D eigenvalue weighted by Crippen LogP contribution is -2.43. The van der Waals surface area contributed by atoms with Crippen LogP contribution in [0.25, 0.3) is 11.2 Å². The number of rotatable bonds is 4. The number of nitriles is 1. The molecule has 2 heterocycles. The van der Waals surface area contributed by atoms with Gasteiger partial charge in [-0.1, -0.05) is 31.0 Å². The smallest absolute Gasteiger partial charge is 0.332 e. The second-order valence-electron chi connectivity index (χ2n) is 7.87. The van der Waals surface area contributed by atoms with E-state index in [2.05, 4.69) is 16.4 Å². The van der Waals surface area contributed by atoms with E-state index in [9.17, 15) is 14.9 Å². The fourth-order valence-electron chi connectivity index (χ4n) is 4.15. The molecule has 3 N–H and O–H groups in total. The standard InChI is InChI=1S/C21H25N7O2/c1-26-18-17(19(29)27(2)21(26)30)28(12-14-8-4-3-7-13(14)11-22)20(25-18)24-16-10-6-5-9-15(16)23/h3-4,7-8,15-16H,5-6,9-10,12,23H2,1-2H3,(H,24,25)/t15-,16-/m0/s1. The van der Waals surface area contributed by atoms with Crippen LogP contribution in [0.2, 0.25) is 0 Å². The zero-order valence-electron chi connectivity index (χ0n) is 17.1. The maximum Gasteiger partial charge on any atom is 0.332 e. The number of imidazole rings is 1. The first-order valence-corrected chi connectivity index (χ1v) is 10.1. The molecule has 0 aliphatic heterocycles. The van der Waals surface area contributed by atoms with E-state index in [1.165, 1.54) is 11.6 Å². The van der Waals surface area contributed by atoms with Crippen LogP contribution in [0.3, 0.4) is 0 Å². The number of nitrogens with one attached hydrogen (secondary N) is 1. The number of hydrogen-bond donors (Lipinski definition) is 2. The van der Waals surface area contributed by atoms with Gasteiger partial charge in [-0.3, -0.25) is 18.5 Å². The maximum atomic E-state index is 13.0. The van der Waals surface area contributed by atoms with E-state index < -0.39 is 11.2 Å². The molecule has 9 heteroatoms. The molecule has 0 bridgehead atoms. The Morgan fingerprint density at radius 2 is 1.93 bits per heavy atom. The monoisotopic (exact) mass is 407 g/mol. The summed E-state index contributed by atoms with van der Waals surface area (Å²) < 4.78 is 4.21. The van der Waals surface area contributed by atoms with E-state index in [1.54, 1.807) is 23.7 Å². The molecule has 2 atom stereocenters. The van der Waals surface area contributed by atoms with Gasteiger partial charge >= 0.3 is 5.69 Å². The van der Waals surface area contributed by atoms with Gasteiger partial charge in [0.25, 0.3) is 5.56 Å². The number of aromatic nitrogens is 4. The van der Waals surface area contributed by atoms with E-state index in [0.29, 0.717) is 22.7 Å². The molecule has 0 saturated heterocycles. The van der Waals surface area contributed by atoms with Gasteiger partial charge in [-0.25, -0.2) is 4.79 Å². The number of anilines is 1. The third-order valence-corrected chi connectivity index (χ3v) is 5.95. The summed E-state index contributed by atoms with van der Waals surface area (Å²) in [6.45, 7) is 0.276. The van der Waals surface area contributed by atoms with Crippen LogP contribution in [-0.2, 0) is 20.6 Å². The minimum atomic E-state index is -0.435. The molecule has 3 aromatic rings. The molecule has 30 heavy (non-hydrogen) atoms. The summed E-state index contributed by atoms with van der Waals surface area (Å²) in [5.41, 5.74) is 7.39. The third kappa shape index (κ3) is 3.29. The summed E-state index contributed by atoms with van der Waals surface area (Å²) in [4.78, 5) is 30.0. The van der Waals surface area contributed by atoms with E-state index in [4.69, 9.17) is 5.73 Å².